The Kier molecular flexibility index (Phi) is 3.79. The van der Waals surface area contributed by atoms with Crippen LogP contribution in [-0.4, -0.2) is 11.0 Å². The van der Waals surface area contributed by atoms with Crippen LogP contribution in [-0.2, 0) is 4.79 Å². The van der Waals surface area contributed by atoms with Crippen molar-refractivity contribution >= 4 is 11.6 Å². The Morgan fingerprint density at radius 3 is 2.25 bits per heavy atom. The summed E-state index contributed by atoms with van der Waals surface area (Å²) in [4.78, 5) is 10.5. The van der Waals surface area contributed by atoms with Gasteiger partial charge in [0.05, 0.1) is 0 Å². The van der Waals surface area contributed by atoms with Gasteiger partial charge in [0.1, 0.15) is 5.75 Å². The van der Waals surface area contributed by atoms with Crippen LogP contribution >= 0.6 is 0 Å². The number of hydrogen-bond donors (Lipinski definition) is 3. The Labute approximate surface area is 70.8 Å². The number of aromatic hydroxyl groups is 1. The van der Waals surface area contributed by atoms with Crippen LogP contribution in [0.15, 0.2) is 24.3 Å². The van der Waals surface area contributed by atoms with Gasteiger partial charge in [-0.1, -0.05) is 0 Å². The third-order valence-corrected chi connectivity index (χ3v) is 1.19. The Morgan fingerprint density at radius 2 is 1.83 bits per heavy atom. The average Bonchev–Trinajstić information content (AvgIpc) is 1.93. The molecule has 66 valence electrons. The van der Waals surface area contributed by atoms with Crippen LogP contribution in [0.1, 0.15) is 6.92 Å². The molecule has 1 amide bonds. The van der Waals surface area contributed by atoms with Gasteiger partial charge < -0.3 is 16.6 Å². The van der Waals surface area contributed by atoms with Crippen molar-refractivity contribution < 1.29 is 9.90 Å². The first-order chi connectivity index (χ1) is 5.18. The first-order valence-electron chi connectivity index (χ1n) is 3.25. The van der Waals surface area contributed by atoms with Gasteiger partial charge in [-0.05, 0) is 24.3 Å². The summed E-state index contributed by atoms with van der Waals surface area (Å²) < 4.78 is 0. The lowest BCUT2D eigenvalue weighted by molar-refractivity contribution is -0.114. The standard InChI is InChI=1S/C8H9NO2.H3N/c1-6(10)9-7-2-4-8(11)5-3-7;/h2-5,11H,1H3,(H,9,10);1H3. The van der Waals surface area contributed by atoms with E-state index in [4.69, 9.17) is 5.11 Å². The van der Waals surface area contributed by atoms with E-state index >= 15 is 0 Å². The fourth-order valence-electron chi connectivity index (χ4n) is 0.748. The topological polar surface area (TPSA) is 84.3 Å². The van der Waals surface area contributed by atoms with Crippen LogP contribution in [0.25, 0.3) is 0 Å². The number of nitrogens with one attached hydrogen (secondary N) is 1. The summed E-state index contributed by atoms with van der Waals surface area (Å²) in [5, 5.41) is 11.5. The smallest absolute Gasteiger partial charge is 0.221 e. The molecule has 1 rings (SSSR count). The van der Waals surface area contributed by atoms with Crippen molar-refractivity contribution in [3.05, 3.63) is 24.3 Å². The molecule has 0 atom stereocenters. The molecule has 5 N–H and O–H groups in total. The molecule has 0 aliphatic heterocycles. The van der Waals surface area contributed by atoms with E-state index < -0.39 is 0 Å². The number of hydrogen-bond acceptors (Lipinski definition) is 3. The Bertz CT molecular complexity index is 256. The lowest BCUT2D eigenvalue weighted by Crippen LogP contribution is -2.04. The van der Waals surface area contributed by atoms with Gasteiger partial charge in [0.25, 0.3) is 0 Å². The highest BCUT2D eigenvalue weighted by molar-refractivity contribution is 5.88. The largest absolute Gasteiger partial charge is 0.508 e. The zero-order valence-corrected chi connectivity index (χ0v) is 6.87. The van der Waals surface area contributed by atoms with Gasteiger partial charge in [-0.15, -0.1) is 0 Å². The number of carbonyl (C=O) groups excluding carboxylic acids is 1. The van der Waals surface area contributed by atoms with E-state index in [1.807, 2.05) is 0 Å². The van der Waals surface area contributed by atoms with Gasteiger partial charge in [0, 0.05) is 12.6 Å². The van der Waals surface area contributed by atoms with Crippen LogP contribution in [0.2, 0.25) is 0 Å². The molecule has 4 nitrogen and oxygen atoms in total. The van der Waals surface area contributed by atoms with E-state index in [1.54, 1.807) is 12.1 Å². The van der Waals surface area contributed by atoms with Crippen LogP contribution in [0.4, 0.5) is 5.69 Å². The molecule has 1 aromatic carbocycles. The minimum Gasteiger partial charge on any atom is -0.508 e. The molecule has 0 aromatic heterocycles. The second-order valence-electron chi connectivity index (χ2n) is 2.23. The van der Waals surface area contributed by atoms with Gasteiger partial charge >= 0.3 is 0 Å². The maximum atomic E-state index is 10.5. The first kappa shape index (κ1) is 10.4. The van der Waals surface area contributed by atoms with Crippen molar-refractivity contribution in [1.82, 2.24) is 6.15 Å². The van der Waals surface area contributed by atoms with Crippen LogP contribution in [0.3, 0.4) is 0 Å². The summed E-state index contributed by atoms with van der Waals surface area (Å²) in [6.45, 7) is 1.44. The van der Waals surface area contributed by atoms with Crippen molar-refractivity contribution in [2.24, 2.45) is 0 Å². The maximum absolute atomic E-state index is 10.5. The molecular formula is C8H12N2O2. The molecule has 0 spiro atoms. The van der Waals surface area contributed by atoms with Gasteiger partial charge in [-0.25, -0.2) is 0 Å². The SMILES string of the molecule is CC(=O)Nc1ccc(O)cc1.N. The second-order valence-corrected chi connectivity index (χ2v) is 2.23. The predicted octanol–water partition coefficient (Wildman–Crippen LogP) is 1.51. The summed E-state index contributed by atoms with van der Waals surface area (Å²) >= 11 is 0. The molecule has 0 unspecified atom stereocenters. The molecule has 0 radical (unpaired) electrons. The quantitative estimate of drug-likeness (QED) is 0.555. The summed E-state index contributed by atoms with van der Waals surface area (Å²) in [6.07, 6.45) is 0. The molecule has 0 saturated heterocycles. The van der Waals surface area contributed by atoms with Crippen molar-refractivity contribution in [2.45, 2.75) is 6.92 Å². The lowest BCUT2D eigenvalue weighted by Gasteiger charge is -1.99. The molecule has 0 aliphatic carbocycles. The van der Waals surface area contributed by atoms with Crippen LogP contribution < -0.4 is 11.5 Å². The number of anilines is 1. The summed E-state index contributed by atoms with van der Waals surface area (Å²) in [6, 6.07) is 6.31. The van der Waals surface area contributed by atoms with Gasteiger partial charge in [-0.3, -0.25) is 4.79 Å². The zero-order valence-electron chi connectivity index (χ0n) is 6.87. The van der Waals surface area contributed by atoms with E-state index in [9.17, 15) is 4.79 Å². The van der Waals surface area contributed by atoms with Crippen molar-refractivity contribution in [1.29, 1.82) is 0 Å². The number of phenols is 1. The second kappa shape index (κ2) is 4.35. The molecule has 0 bridgehead atoms. The highest BCUT2D eigenvalue weighted by atomic mass is 16.3. The minimum atomic E-state index is -0.115. The highest BCUT2D eigenvalue weighted by Crippen LogP contribution is 2.13. The highest BCUT2D eigenvalue weighted by Gasteiger charge is 1.93. The van der Waals surface area contributed by atoms with E-state index in [-0.39, 0.29) is 17.8 Å². The molecule has 0 heterocycles. The zero-order chi connectivity index (χ0) is 8.27. The third-order valence-electron chi connectivity index (χ3n) is 1.19. The van der Waals surface area contributed by atoms with E-state index in [0.29, 0.717) is 5.69 Å². The Morgan fingerprint density at radius 1 is 1.33 bits per heavy atom. The molecule has 0 fully saturated rings. The van der Waals surface area contributed by atoms with Gasteiger partial charge in [0.2, 0.25) is 5.91 Å². The molecule has 0 saturated carbocycles. The summed E-state index contributed by atoms with van der Waals surface area (Å²) in [5.74, 6) is 0.0785. The van der Waals surface area contributed by atoms with E-state index in [0.717, 1.165) is 0 Å². The first-order valence-corrected chi connectivity index (χ1v) is 3.25. The fraction of sp³-hybridized carbons (Fsp3) is 0.125. The number of benzene rings is 1. The van der Waals surface area contributed by atoms with Crippen molar-refractivity contribution in [3.63, 3.8) is 0 Å². The molecular weight excluding hydrogens is 156 g/mol. The van der Waals surface area contributed by atoms with Crippen molar-refractivity contribution in [3.8, 4) is 5.75 Å². The number of phenolic OH excluding ortho intramolecular Hbond substituents is 1. The molecule has 4 heteroatoms. The maximum Gasteiger partial charge on any atom is 0.221 e. The molecule has 12 heavy (non-hydrogen) atoms. The molecule has 0 aliphatic rings. The lowest BCUT2D eigenvalue weighted by atomic mass is 10.3. The molecule has 1 aromatic rings. The monoisotopic (exact) mass is 168 g/mol. The summed E-state index contributed by atoms with van der Waals surface area (Å²) in [7, 11) is 0. The number of carbonyl (C=O) groups is 1. The minimum absolute atomic E-state index is 0. The van der Waals surface area contributed by atoms with E-state index in [2.05, 4.69) is 5.32 Å². The Balaban J connectivity index is 0.00000121. The van der Waals surface area contributed by atoms with E-state index in [1.165, 1.54) is 19.1 Å². The van der Waals surface area contributed by atoms with Gasteiger partial charge in [-0.2, -0.15) is 0 Å². The normalized spacial score (nSPS) is 8.42. The average molecular weight is 168 g/mol. The van der Waals surface area contributed by atoms with Crippen LogP contribution in [0, 0.1) is 0 Å². The van der Waals surface area contributed by atoms with Crippen molar-refractivity contribution in [2.75, 3.05) is 5.32 Å². The summed E-state index contributed by atoms with van der Waals surface area (Å²) in [5.41, 5.74) is 0.690. The Hall–Kier alpha value is -1.55. The predicted molar refractivity (Wildman–Crippen MR) is 47.4 cm³/mol. The van der Waals surface area contributed by atoms with Crippen LogP contribution in [0.5, 0.6) is 5.75 Å². The van der Waals surface area contributed by atoms with Gasteiger partial charge in [0.15, 0.2) is 0 Å². The number of amides is 1. The third kappa shape index (κ3) is 3.03. The number of rotatable bonds is 1. The fourth-order valence-corrected chi connectivity index (χ4v) is 0.748.